The van der Waals surface area contributed by atoms with Crippen LogP contribution in [0.5, 0.6) is 0 Å². The van der Waals surface area contributed by atoms with Gasteiger partial charge in [-0.2, -0.15) is 0 Å². The van der Waals surface area contributed by atoms with Crippen LogP contribution < -0.4 is 0 Å². The van der Waals surface area contributed by atoms with Gasteiger partial charge in [0, 0.05) is 5.56 Å². The number of Topliss-reactive ketones (excluding diaryl/α,β-unsaturated/α-hetero) is 1. The van der Waals surface area contributed by atoms with E-state index in [4.69, 9.17) is 0 Å². The number of rotatable bonds is 4. The molecule has 1 atom stereocenters. The van der Waals surface area contributed by atoms with Gasteiger partial charge in [0.15, 0.2) is 11.4 Å². The minimum Gasteiger partial charge on any atom is -0.377 e. The molecule has 2 aromatic rings. The van der Waals surface area contributed by atoms with E-state index in [-0.39, 0.29) is 5.78 Å². The summed E-state index contributed by atoms with van der Waals surface area (Å²) in [6, 6.07) is 18.0. The van der Waals surface area contributed by atoms with Crippen molar-refractivity contribution in [3.05, 3.63) is 71.8 Å². The molecule has 92 valence electrons. The van der Waals surface area contributed by atoms with E-state index in [1.165, 1.54) is 0 Å². The minimum atomic E-state index is -1.44. The predicted octanol–water partition coefficient (Wildman–Crippen LogP) is 3.17. The van der Waals surface area contributed by atoms with Gasteiger partial charge in [0.25, 0.3) is 0 Å². The second-order valence-corrected chi connectivity index (χ2v) is 4.28. The van der Waals surface area contributed by atoms with Crippen molar-refractivity contribution in [2.45, 2.75) is 18.9 Å². The predicted molar refractivity (Wildman–Crippen MR) is 71.4 cm³/mol. The van der Waals surface area contributed by atoms with Crippen LogP contribution in [0, 0.1) is 0 Å². The second-order valence-electron chi connectivity index (χ2n) is 4.28. The molecule has 0 aliphatic rings. The fraction of sp³-hybridized carbons (Fsp3) is 0.188. The van der Waals surface area contributed by atoms with Crippen molar-refractivity contribution >= 4 is 5.78 Å². The smallest absolute Gasteiger partial charge is 0.198 e. The molecule has 0 heterocycles. The summed E-state index contributed by atoms with van der Waals surface area (Å²) in [5, 5.41) is 10.7. The Morgan fingerprint density at radius 1 is 1.00 bits per heavy atom. The van der Waals surface area contributed by atoms with Crippen molar-refractivity contribution in [2.75, 3.05) is 0 Å². The molecule has 2 nitrogen and oxygen atoms in total. The van der Waals surface area contributed by atoms with Crippen molar-refractivity contribution in [1.82, 2.24) is 0 Å². The molecule has 0 radical (unpaired) electrons. The molecular weight excluding hydrogens is 224 g/mol. The molecule has 2 heteroatoms. The molecular formula is C16H16O2. The Hall–Kier alpha value is -1.93. The number of carbonyl (C=O) groups is 1. The Morgan fingerprint density at radius 2 is 1.50 bits per heavy atom. The largest absolute Gasteiger partial charge is 0.377 e. The first-order chi connectivity index (χ1) is 8.68. The van der Waals surface area contributed by atoms with Crippen LogP contribution in [0.25, 0.3) is 0 Å². The Bertz CT molecular complexity index is 519. The van der Waals surface area contributed by atoms with E-state index in [2.05, 4.69) is 0 Å². The fourth-order valence-electron chi connectivity index (χ4n) is 2.04. The SMILES string of the molecule is CCC(O)(C(=O)c1ccccc1)c1ccccc1. The average molecular weight is 240 g/mol. The maximum atomic E-state index is 12.4. The lowest BCUT2D eigenvalue weighted by atomic mass is 9.84. The van der Waals surface area contributed by atoms with Crippen molar-refractivity contribution in [2.24, 2.45) is 0 Å². The molecule has 2 rings (SSSR count). The highest BCUT2D eigenvalue weighted by Gasteiger charge is 2.36. The quantitative estimate of drug-likeness (QED) is 0.833. The molecule has 0 saturated heterocycles. The summed E-state index contributed by atoms with van der Waals surface area (Å²) in [5.74, 6) is -0.253. The average Bonchev–Trinajstić information content (AvgIpc) is 2.47. The van der Waals surface area contributed by atoms with Crippen LogP contribution in [-0.2, 0) is 5.60 Å². The lowest BCUT2D eigenvalue weighted by Gasteiger charge is -2.25. The number of hydrogen-bond acceptors (Lipinski definition) is 2. The van der Waals surface area contributed by atoms with Crippen molar-refractivity contribution < 1.29 is 9.90 Å². The van der Waals surface area contributed by atoms with E-state index in [9.17, 15) is 9.90 Å². The van der Waals surface area contributed by atoms with Gasteiger partial charge in [-0.25, -0.2) is 0 Å². The summed E-state index contributed by atoms with van der Waals surface area (Å²) in [6.07, 6.45) is 0.352. The van der Waals surface area contributed by atoms with E-state index in [1.54, 1.807) is 36.4 Å². The number of ketones is 1. The molecule has 0 amide bonds. The Balaban J connectivity index is 2.43. The van der Waals surface area contributed by atoms with E-state index < -0.39 is 5.60 Å². The summed E-state index contributed by atoms with van der Waals surface area (Å²) in [7, 11) is 0. The molecule has 0 bridgehead atoms. The number of hydrogen-bond donors (Lipinski definition) is 1. The molecule has 1 N–H and O–H groups in total. The standard InChI is InChI=1S/C16H16O2/c1-2-16(18,14-11-7-4-8-12-14)15(17)13-9-5-3-6-10-13/h3-12,18H,2H2,1H3. The summed E-state index contributed by atoms with van der Waals surface area (Å²) in [6.45, 7) is 1.81. The van der Waals surface area contributed by atoms with Gasteiger partial charge in [0.05, 0.1) is 0 Å². The Morgan fingerprint density at radius 3 is 2.00 bits per heavy atom. The third-order valence-electron chi connectivity index (χ3n) is 3.17. The zero-order valence-corrected chi connectivity index (χ0v) is 10.3. The monoisotopic (exact) mass is 240 g/mol. The summed E-state index contributed by atoms with van der Waals surface area (Å²) in [5.41, 5.74) is -0.269. The van der Waals surface area contributed by atoms with E-state index in [0.717, 1.165) is 0 Å². The lowest BCUT2D eigenvalue weighted by Crippen LogP contribution is -2.35. The Kier molecular flexibility index (Phi) is 3.58. The molecule has 0 aromatic heterocycles. The lowest BCUT2D eigenvalue weighted by molar-refractivity contribution is 0.0277. The summed E-state index contributed by atoms with van der Waals surface area (Å²) < 4.78 is 0. The number of benzene rings is 2. The van der Waals surface area contributed by atoms with Crippen molar-refractivity contribution in [3.63, 3.8) is 0 Å². The van der Waals surface area contributed by atoms with Gasteiger partial charge < -0.3 is 5.11 Å². The molecule has 18 heavy (non-hydrogen) atoms. The normalized spacial score (nSPS) is 13.9. The molecule has 1 unspecified atom stereocenters. The molecule has 0 aliphatic carbocycles. The van der Waals surface area contributed by atoms with Gasteiger partial charge in [0.2, 0.25) is 0 Å². The Labute approximate surface area is 107 Å². The van der Waals surface area contributed by atoms with Crippen molar-refractivity contribution in [3.8, 4) is 0 Å². The number of carbonyl (C=O) groups excluding carboxylic acids is 1. The fourth-order valence-corrected chi connectivity index (χ4v) is 2.04. The van der Waals surface area contributed by atoms with Crippen LogP contribution in [0.15, 0.2) is 60.7 Å². The minimum absolute atomic E-state index is 0.253. The molecule has 0 spiro atoms. The third kappa shape index (κ3) is 2.20. The highest BCUT2D eigenvalue weighted by Crippen LogP contribution is 2.28. The molecule has 2 aromatic carbocycles. The second kappa shape index (κ2) is 5.15. The van der Waals surface area contributed by atoms with Crippen molar-refractivity contribution in [1.29, 1.82) is 0 Å². The highest BCUT2D eigenvalue weighted by atomic mass is 16.3. The molecule has 0 fully saturated rings. The van der Waals surface area contributed by atoms with Crippen LogP contribution in [0.1, 0.15) is 29.3 Å². The third-order valence-corrected chi connectivity index (χ3v) is 3.17. The van der Waals surface area contributed by atoms with Gasteiger partial charge in [-0.15, -0.1) is 0 Å². The van der Waals surface area contributed by atoms with Crippen LogP contribution in [-0.4, -0.2) is 10.9 Å². The topological polar surface area (TPSA) is 37.3 Å². The van der Waals surface area contributed by atoms with E-state index >= 15 is 0 Å². The first-order valence-corrected chi connectivity index (χ1v) is 6.06. The zero-order valence-electron chi connectivity index (χ0n) is 10.3. The summed E-state index contributed by atoms with van der Waals surface area (Å²) >= 11 is 0. The maximum absolute atomic E-state index is 12.4. The van der Waals surface area contributed by atoms with Gasteiger partial charge in [-0.1, -0.05) is 67.6 Å². The number of aliphatic hydroxyl groups is 1. The van der Waals surface area contributed by atoms with Gasteiger partial charge in [-0.05, 0) is 12.0 Å². The molecule has 0 aliphatic heterocycles. The first-order valence-electron chi connectivity index (χ1n) is 6.06. The van der Waals surface area contributed by atoms with E-state index in [0.29, 0.717) is 17.5 Å². The highest BCUT2D eigenvalue weighted by molar-refractivity contribution is 6.02. The zero-order chi connectivity index (χ0) is 13.0. The molecule has 0 saturated carbocycles. The first kappa shape index (κ1) is 12.5. The van der Waals surface area contributed by atoms with Crippen LogP contribution >= 0.6 is 0 Å². The van der Waals surface area contributed by atoms with Crippen LogP contribution in [0.3, 0.4) is 0 Å². The van der Waals surface area contributed by atoms with Gasteiger partial charge in [-0.3, -0.25) is 4.79 Å². The van der Waals surface area contributed by atoms with Gasteiger partial charge in [0.1, 0.15) is 0 Å². The van der Waals surface area contributed by atoms with Crippen LogP contribution in [0.4, 0.5) is 0 Å². The van der Waals surface area contributed by atoms with Gasteiger partial charge >= 0.3 is 0 Å². The summed E-state index contributed by atoms with van der Waals surface area (Å²) in [4.78, 5) is 12.4. The van der Waals surface area contributed by atoms with Crippen LogP contribution in [0.2, 0.25) is 0 Å². The maximum Gasteiger partial charge on any atom is 0.198 e. The van der Waals surface area contributed by atoms with E-state index in [1.807, 2.05) is 31.2 Å².